The van der Waals surface area contributed by atoms with Crippen LogP contribution in [0.5, 0.6) is 5.75 Å². The molecule has 0 spiro atoms. The second kappa shape index (κ2) is 8.71. The Morgan fingerprint density at radius 1 is 1.16 bits per heavy atom. The van der Waals surface area contributed by atoms with Gasteiger partial charge in [-0.05, 0) is 24.3 Å². The molecular weight excluding hydrogens is 498 g/mol. The van der Waals surface area contributed by atoms with Crippen LogP contribution in [0.1, 0.15) is 32.3 Å². The summed E-state index contributed by atoms with van der Waals surface area (Å²) in [6.45, 7) is -0.717. The molecule has 0 fully saturated rings. The highest BCUT2D eigenvalue weighted by Gasteiger charge is 2.59. The van der Waals surface area contributed by atoms with Crippen molar-refractivity contribution < 1.29 is 29.1 Å². The van der Waals surface area contributed by atoms with Crippen LogP contribution in [0.15, 0.2) is 82.7 Å². The molecule has 10 nitrogen and oxygen atoms in total. The normalized spacial score (nSPS) is 23.1. The molecule has 3 heterocycles. The van der Waals surface area contributed by atoms with Gasteiger partial charge < -0.3 is 14.6 Å². The third-order valence-electron chi connectivity index (χ3n) is 6.71. The number of thioether (sulfide) groups is 1. The number of nitrogens with zero attached hydrogens (tertiary/aromatic N) is 3. The number of rotatable bonds is 5. The van der Waals surface area contributed by atoms with Crippen LogP contribution >= 0.6 is 11.8 Å². The van der Waals surface area contributed by atoms with Crippen molar-refractivity contribution in [1.29, 1.82) is 0 Å². The maximum atomic E-state index is 13.8. The van der Waals surface area contributed by atoms with Crippen molar-refractivity contribution in [2.45, 2.75) is 16.7 Å². The fraction of sp³-hybridized carbons (Fsp3) is 0.192. The van der Waals surface area contributed by atoms with Gasteiger partial charge in [-0.1, -0.05) is 48.2 Å². The summed E-state index contributed by atoms with van der Waals surface area (Å²) < 4.78 is 11.9. The van der Waals surface area contributed by atoms with Crippen LogP contribution in [-0.2, 0) is 4.74 Å². The standard InChI is InChI=1S/C26H19N3O7S/c30-14-26-19(13-35-24(32)15-6-2-1-3-7-15)22(17-8-4-5-9-20(17)36-26)28-23(31)18-12-16(29(33)34)10-11-21(18)37-25(28)27-26/h1-12,19,22,30H,13-14H2/t19-,22-,26+/m1/s1. The summed E-state index contributed by atoms with van der Waals surface area (Å²) in [5.74, 6) is -1.34. The topological polar surface area (TPSA) is 132 Å². The third kappa shape index (κ3) is 3.66. The number of non-ortho nitro benzene ring substituents is 1. The highest BCUT2D eigenvalue weighted by molar-refractivity contribution is 8.14. The minimum Gasteiger partial charge on any atom is -0.463 e. The molecule has 6 rings (SSSR count). The fourth-order valence-electron chi connectivity index (χ4n) is 4.94. The third-order valence-corrected chi connectivity index (χ3v) is 7.75. The zero-order chi connectivity index (χ0) is 25.7. The first-order chi connectivity index (χ1) is 17.9. The van der Waals surface area contributed by atoms with Crippen LogP contribution in [0.25, 0.3) is 0 Å². The van der Waals surface area contributed by atoms with E-state index in [1.807, 2.05) is 0 Å². The van der Waals surface area contributed by atoms with E-state index in [1.165, 1.54) is 34.9 Å². The number of aliphatic imine (C=N–C) groups is 1. The number of fused-ring (bicyclic) bond motifs is 7. The number of aliphatic hydroxyl groups is 1. The Morgan fingerprint density at radius 2 is 1.92 bits per heavy atom. The quantitative estimate of drug-likeness (QED) is 0.307. The molecule has 3 atom stereocenters. The Hall–Kier alpha value is -4.22. The molecule has 11 heteroatoms. The summed E-state index contributed by atoms with van der Waals surface area (Å²) in [5, 5.41) is 22.2. The van der Waals surface area contributed by atoms with Gasteiger partial charge in [-0.2, -0.15) is 0 Å². The zero-order valence-electron chi connectivity index (χ0n) is 19.1. The lowest BCUT2D eigenvalue weighted by atomic mass is 9.80. The van der Waals surface area contributed by atoms with Crippen molar-refractivity contribution in [3.8, 4) is 5.75 Å². The molecule has 3 aromatic rings. The molecule has 1 N–H and O–H groups in total. The molecule has 0 aliphatic carbocycles. The summed E-state index contributed by atoms with van der Waals surface area (Å²) in [5.41, 5.74) is -0.512. The highest BCUT2D eigenvalue weighted by Crippen LogP contribution is 2.54. The van der Waals surface area contributed by atoms with Crippen LogP contribution < -0.4 is 4.74 Å². The number of amidine groups is 1. The average molecular weight is 518 g/mol. The Balaban J connectivity index is 1.45. The molecule has 3 aromatic carbocycles. The van der Waals surface area contributed by atoms with Crippen LogP contribution in [0, 0.1) is 16.0 Å². The van der Waals surface area contributed by atoms with E-state index < -0.39 is 41.1 Å². The number of para-hydroxylation sites is 1. The van der Waals surface area contributed by atoms with Gasteiger partial charge in [0.05, 0.1) is 28.0 Å². The van der Waals surface area contributed by atoms with E-state index in [0.717, 1.165) is 0 Å². The number of aliphatic hydroxyl groups excluding tert-OH is 1. The van der Waals surface area contributed by atoms with Gasteiger partial charge in [0.15, 0.2) is 5.17 Å². The number of carbonyl (C=O) groups is 2. The monoisotopic (exact) mass is 517 g/mol. The lowest BCUT2D eigenvalue weighted by molar-refractivity contribution is -0.384. The Morgan fingerprint density at radius 3 is 2.68 bits per heavy atom. The number of carbonyl (C=O) groups excluding carboxylic acids is 2. The first kappa shape index (κ1) is 23.2. The number of nitro benzene ring substituents is 1. The van der Waals surface area contributed by atoms with Crippen molar-refractivity contribution >= 4 is 34.5 Å². The Kier molecular flexibility index (Phi) is 5.46. The van der Waals surface area contributed by atoms with Crippen LogP contribution in [0.3, 0.4) is 0 Å². The molecule has 0 radical (unpaired) electrons. The lowest BCUT2D eigenvalue weighted by Gasteiger charge is -2.52. The van der Waals surface area contributed by atoms with E-state index >= 15 is 0 Å². The molecule has 186 valence electrons. The van der Waals surface area contributed by atoms with Crippen LogP contribution in [0.2, 0.25) is 0 Å². The number of esters is 1. The summed E-state index contributed by atoms with van der Waals surface area (Å²) in [6.07, 6.45) is 0. The molecule has 1 amide bonds. The number of hydrogen-bond acceptors (Lipinski definition) is 9. The predicted octanol–water partition coefficient (Wildman–Crippen LogP) is 3.81. The number of benzene rings is 3. The first-order valence-electron chi connectivity index (χ1n) is 11.4. The largest absolute Gasteiger partial charge is 0.463 e. The molecule has 0 aromatic heterocycles. The molecular formula is C26H19N3O7S. The fourth-order valence-corrected chi connectivity index (χ4v) is 6.02. The van der Waals surface area contributed by atoms with Gasteiger partial charge in [0.25, 0.3) is 11.6 Å². The molecule has 3 aliphatic heterocycles. The van der Waals surface area contributed by atoms with E-state index in [4.69, 9.17) is 14.5 Å². The minimum absolute atomic E-state index is 0.179. The Labute approximate surface area is 214 Å². The average Bonchev–Trinajstić information content (AvgIpc) is 2.91. The van der Waals surface area contributed by atoms with Gasteiger partial charge >= 0.3 is 5.97 Å². The lowest BCUT2D eigenvalue weighted by Crippen LogP contribution is -2.62. The smallest absolute Gasteiger partial charge is 0.338 e. The van der Waals surface area contributed by atoms with Crippen molar-refractivity contribution in [2.75, 3.05) is 13.2 Å². The summed E-state index contributed by atoms with van der Waals surface area (Å²) in [7, 11) is 0. The predicted molar refractivity (Wildman–Crippen MR) is 132 cm³/mol. The molecule has 0 saturated carbocycles. The highest BCUT2D eigenvalue weighted by atomic mass is 32.2. The SMILES string of the molecule is O=C(OC[C@@H]1[C@H]2c3ccccc3O[C@]1(CO)N=C1Sc3ccc([N+](=O)[O-])cc3C(=O)N12)c1ccccc1. The van der Waals surface area contributed by atoms with Gasteiger partial charge in [0.2, 0.25) is 5.72 Å². The molecule has 37 heavy (non-hydrogen) atoms. The van der Waals surface area contributed by atoms with Gasteiger partial charge in [0.1, 0.15) is 19.0 Å². The van der Waals surface area contributed by atoms with Gasteiger partial charge in [0, 0.05) is 22.6 Å². The first-order valence-corrected chi connectivity index (χ1v) is 12.2. The van der Waals surface area contributed by atoms with E-state index in [2.05, 4.69) is 0 Å². The van der Waals surface area contributed by atoms with Gasteiger partial charge in [-0.25, -0.2) is 9.79 Å². The summed E-state index contributed by atoms with van der Waals surface area (Å²) in [4.78, 5) is 44.1. The van der Waals surface area contributed by atoms with E-state index in [-0.39, 0.29) is 17.9 Å². The van der Waals surface area contributed by atoms with Crippen LogP contribution in [0.4, 0.5) is 5.69 Å². The maximum absolute atomic E-state index is 13.8. The second-order valence-corrected chi connectivity index (χ2v) is 9.78. The number of hydrogen-bond donors (Lipinski definition) is 1. The van der Waals surface area contributed by atoms with Gasteiger partial charge in [-0.15, -0.1) is 0 Å². The van der Waals surface area contributed by atoms with E-state index in [1.54, 1.807) is 54.6 Å². The van der Waals surface area contributed by atoms with Crippen molar-refractivity contribution in [2.24, 2.45) is 10.9 Å². The van der Waals surface area contributed by atoms with E-state index in [9.17, 15) is 24.8 Å². The van der Waals surface area contributed by atoms with Crippen molar-refractivity contribution in [3.63, 3.8) is 0 Å². The minimum atomic E-state index is -1.51. The number of nitro groups is 1. The summed E-state index contributed by atoms with van der Waals surface area (Å²) >= 11 is 1.17. The number of ether oxygens (including phenoxy) is 2. The molecule has 0 unspecified atom stereocenters. The molecule has 2 bridgehead atoms. The van der Waals surface area contributed by atoms with Crippen LogP contribution in [-0.4, -0.2) is 50.9 Å². The van der Waals surface area contributed by atoms with Crippen molar-refractivity contribution in [1.82, 2.24) is 4.90 Å². The van der Waals surface area contributed by atoms with Gasteiger partial charge in [-0.3, -0.25) is 19.8 Å². The van der Waals surface area contributed by atoms with Crippen molar-refractivity contribution in [3.05, 3.63) is 99.6 Å². The molecule has 0 saturated heterocycles. The maximum Gasteiger partial charge on any atom is 0.338 e. The Bertz CT molecular complexity index is 1480. The van der Waals surface area contributed by atoms with E-state index in [0.29, 0.717) is 26.9 Å². The zero-order valence-corrected chi connectivity index (χ0v) is 20.0. The molecule has 3 aliphatic rings. The second-order valence-electron chi connectivity index (χ2n) is 8.77. The summed E-state index contributed by atoms with van der Waals surface area (Å²) in [6, 6.07) is 19.0. The number of amides is 1.